The summed E-state index contributed by atoms with van der Waals surface area (Å²) >= 11 is 0. The Morgan fingerprint density at radius 3 is 2.23 bits per heavy atom. The largest absolute Gasteiger partial charge is 0.493 e. The summed E-state index contributed by atoms with van der Waals surface area (Å²) in [6.45, 7) is 11.0. The maximum atomic E-state index is 15.4. The molecule has 3 rings (SSSR count). The SMILES string of the molecule is CCOc1cc2c(c(F)c1OCC)C(=N)N(CC(=O)c1cc(C(=O)NCC(=O)O)c(OCC)c(C(C)(C)C)c1)C2. The van der Waals surface area contributed by atoms with Crippen LogP contribution in [-0.4, -0.2) is 66.4 Å². The van der Waals surface area contributed by atoms with Crippen LogP contribution in [0.5, 0.6) is 17.2 Å². The summed E-state index contributed by atoms with van der Waals surface area (Å²) in [7, 11) is 0. The van der Waals surface area contributed by atoms with E-state index < -0.39 is 35.4 Å². The molecule has 1 amide bonds. The number of ether oxygens (including phenoxy) is 3. The van der Waals surface area contributed by atoms with Gasteiger partial charge in [0, 0.05) is 17.7 Å². The van der Waals surface area contributed by atoms with Crippen LogP contribution in [0.15, 0.2) is 18.2 Å². The van der Waals surface area contributed by atoms with Crippen molar-refractivity contribution in [1.82, 2.24) is 10.2 Å². The lowest BCUT2D eigenvalue weighted by atomic mass is 9.83. The molecule has 10 nitrogen and oxygen atoms in total. The Bertz CT molecular complexity index is 1330. The fourth-order valence-electron chi connectivity index (χ4n) is 4.49. The van der Waals surface area contributed by atoms with Crippen molar-refractivity contribution in [1.29, 1.82) is 5.41 Å². The van der Waals surface area contributed by atoms with Gasteiger partial charge in [-0.15, -0.1) is 0 Å². The Labute approximate surface area is 232 Å². The number of carbonyl (C=O) groups is 3. The second kappa shape index (κ2) is 12.4. The highest BCUT2D eigenvalue weighted by molar-refractivity contribution is 6.07. The smallest absolute Gasteiger partial charge is 0.322 e. The molecule has 1 aliphatic heterocycles. The lowest BCUT2D eigenvalue weighted by molar-refractivity contribution is -0.135. The number of amides is 1. The minimum atomic E-state index is -1.21. The molecule has 2 aromatic rings. The Morgan fingerprint density at radius 1 is 1.02 bits per heavy atom. The molecule has 40 heavy (non-hydrogen) atoms. The van der Waals surface area contributed by atoms with Gasteiger partial charge in [0.05, 0.1) is 37.5 Å². The summed E-state index contributed by atoms with van der Waals surface area (Å²) in [6.07, 6.45) is 0. The molecule has 0 radical (unpaired) electrons. The number of aliphatic carboxylic acids is 1. The first kappa shape index (κ1) is 30.4. The van der Waals surface area contributed by atoms with Crippen LogP contribution in [0.2, 0.25) is 0 Å². The van der Waals surface area contributed by atoms with Crippen LogP contribution in [0.4, 0.5) is 4.39 Å². The summed E-state index contributed by atoms with van der Waals surface area (Å²) in [5.74, 6) is -2.75. The highest BCUT2D eigenvalue weighted by Crippen LogP contribution is 2.39. The van der Waals surface area contributed by atoms with Crippen LogP contribution >= 0.6 is 0 Å². The predicted molar refractivity (Wildman–Crippen MR) is 147 cm³/mol. The Hall–Kier alpha value is -4.15. The van der Waals surface area contributed by atoms with E-state index in [9.17, 15) is 14.4 Å². The maximum absolute atomic E-state index is 15.4. The third kappa shape index (κ3) is 6.35. The first-order valence-corrected chi connectivity index (χ1v) is 13.1. The first-order chi connectivity index (χ1) is 18.8. The van der Waals surface area contributed by atoms with Crippen molar-refractivity contribution in [2.24, 2.45) is 0 Å². The number of Topliss-reactive ketones (excluding diaryl/α,β-unsaturated/α-hetero) is 1. The molecular formula is C29H36FN3O7. The van der Waals surface area contributed by atoms with Gasteiger partial charge in [-0.1, -0.05) is 20.8 Å². The fourth-order valence-corrected chi connectivity index (χ4v) is 4.49. The molecule has 1 aliphatic rings. The van der Waals surface area contributed by atoms with Crippen LogP contribution in [0.25, 0.3) is 0 Å². The third-order valence-corrected chi connectivity index (χ3v) is 6.26. The van der Waals surface area contributed by atoms with Gasteiger partial charge in [0.2, 0.25) is 0 Å². The van der Waals surface area contributed by atoms with E-state index in [4.69, 9.17) is 24.7 Å². The zero-order chi connectivity index (χ0) is 29.8. The Kier molecular flexibility index (Phi) is 9.39. The zero-order valence-electron chi connectivity index (χ0n) is 23.7. The van der Waals surface area contributed by atoms with Crippen LogP contribution in [0.1, 0.15) is 78.9 Å². The van der Waals surface area contributed by atoms with E-state index in [-0.39, 0.29) is 66.1 Å². The van der Waals surface area contributed by atoms with Crippen molar-refractivity contribution in [3.63, 3.8) is 0 Å². The molecule has 11 heteroatoms. The van der Waals surface area contributed by atoms with Gasteiger partial charge in [0.15, 0.2) is 23.1 Å². The summed E-state index contributed by atoms with van der Waals surface area (Å²) < 4.78 is 32.3. The topological polar surface area (TPSA) is 138 Å². The lowest BCUT2D eigenvalue weighted by Gasteiger charge is -2.26. The number of ketones is 1. The molecule has 0 aromatic heterocycles. The van der Waals surface area contributed by atoms with Gasteiger partial charge >= 0.3 is 5.97 Å². The normalized spacial score (nSPS) is 12.7. The Morgan fingerprint density at radius 2 is 1.65 bits per heavy atom. The van der Waals surface area contributed by atoms with Crippen LogP contribution in [0.3, 0.4) is 0 Å². The number of carbonyl (C=O) groups excluding carboxylic acids is 2. The fraction of sp³-hybridized carbons (Fsp3) is 0.448. The summed E-state index contributed by atoms with van der Waals surface area (Å²) in [5.41, 5.74) is 0.825. The molecule has 0 atom stereocenters. The van der Waals surface area contributed by atoms with E-state index in [0.29, 0.717) is 17.7 Å². The molecule has 0 aliphatic carbocycles. The molecule has 0 saturated carbocycles. The van der Waals surface area contributed by atoms with Crippen LogP contribution < -0.4 is 19.5 Å². The van der Waals surface area contributed by atoms with Crippen molar-refractivity contribution in [3.05, 3.63) is 51.8 Å². The maximum Gasteiger partial charge on any atom is 0.322 e. The first-order valence-electron chi connectivity index (χ1n) is 13.1. The molecule has 0 bridgehead atoms. The second-order valence-electron chi connectivity index (χ2n) is 10.2. The van der Waals surface area contributed by atoms with Gasteiger partial charge in [-0.25, -0.2) is 4.39 Å². The van der Waals surface area contributed by atoms with Gasteiger partial charge in [0.1, 0.15) is 18.1 Å². The summed E-state index contributed by atoms with van der Waals surface area (Å²) in [5, 5.41) is 20.0. The van der Waals surface area contributed by atoms with Crippen molar-refractivity contribution in [2.75, 3.05) is 32.9 Å². The van der Waals surface area contributed by atoms with E-state index in [1.807, 2.05) is 20.8 Å². The quantitative estimate of drug-likeness (QED) is 0.331. The Balaban J connectivity index is 2.00. The van der Waals surface area contributed by atoms with Gasteiger partial charge in [-0.2, -0.15) is 0 Å². The van der Waals surface area contributed by atoms with Gasteiger partial charge in [-0.3, -0.25) is 19.8 Å². The number of carboxylic acids is 1. The monoisotopic (exact) mass is 557 g/mol. The number of nitrogens with zero attached hydrogens (tertiary/aromatic N) is 1. The van der Waals surface area contributed by atoms with Crippen molar-refractivity contribution >= 4 is 23.5 Å². The zero-order valence-corrected chi connectivity index (χ0v) is 23.7. The molecule has 216 valence electrons. The molecule has 3 N–H and O–H groups in total. The van der Waals surface area contributed by atoms with Crippen molar-refractivity contribution in [2.45, 2.75) is 53.5 Å². The van der Waals surface area contributed by atoms with Crippen molar-refractivity contribution < 1.29 is 38.1 Å². The van der Waals surface area contributed by atoms with Gasteiger partial charge in [0.25, 0.3) is 5.91 Å². The molecule has 0 spiro atoms. The lowest BCUT2D eigenvalue weighted by Crippen LogP contribution is -2.32. The standard InChI is InChI=1S/C29H36FN3O7/c1-7-38-21-12-17-14-33(27(31)23(17)24(30)26(21)40-9-3)15-20(34)16-10-18(28(37)32-13-22(35)36)25(39-8-2)19(11-16)29(4,5)6/h10-12,31H,7-9,13-15H2,1-6H3,(H,32,37)(H,35,36). The predicted octanol–water partition coefficient (Wildman–Crippen LogP) is 4.16. The van der Waals surface area contributed by atoms with E-state index in [0.717, 1.165) is 0 Å². The number of benzene rings is 2. The molecule has 1 heterocycles. The van der Waals surface area contributed by atoms with Crippen LogP contribution in [0, 0.1) is 11.2 Å². The van der Waals surface area contributed by atoms with E-state index in [1.165, 1.54) is 11.0 Å². The molecule has 2 aromatic carbocycles. The molecular weight excluding hydrogens is 521 g/mol. The van der Waals surface area contributed by atoms with Gasteiger partial charge < -0.3 is 29.5 Å². The second-order valence-corrected chi connectivity index (χ2v) is 10.2. The third-order valence-electron chi connectivity index (χ3n) is 6.26. The minimum Gasteiger partial charge on any atom is -0.493 e. The van der Waals surface area contributed by atoms with Gasteiger partial charge in [-0.05, 0) is 49.9 Å². The number of hydrogen-bond acceptors (Lipinski definition) is 7. The highest BCUT2D eigenvalue weighted by Gasteiger charge is 2.34. The van der Waals surface area contributed by atoms with E-state index in [1.54, 1.807) is 32.9 Å². The number of nitrogens with one attached hydrogen (secondary N) is 2. The number of amidine groups is 1. The number of hydrogen-bond donors (Lipinski definition) is 3. The number of rotatable bonds is 12. The minimum absolute atomic E-state index is 0.0346. The average molecular weight is 558 g/mol. The van der Waals surface area contributed by atoms with Crippen molar-refractivity contribution in [3.8, 4) is 17.2 Å². The summed E-state index contributed by atoms with van der Waals surface area (Å²) in [6, 6.07) is 4.65. The number of halogens is 1. The highest BCUT2D eigenvalue weighted by atomic mass is 19.1. The average Bonchev–Trinajstić information content (AvgIpc) is 3.19. The molecule has 0 fully saturated rings. The molecule has 0 saturated heterocycles. The molecule has 0 unspecified atom stereocenters. The van der Waals surface area contributed by atoms with Crippen LogP contribution in [-0.2, 0) is 16.8 Å². The van der Waals surface area contributed by atoms with E-state index >= 15 is 4.39 Å². The van der Waals surface area contributed by atoms with E-state index in [2.05, 4.69) is 5.32 Å². The number of carboxylic acid groups (broad SMARTS) is 1. The number of fused-ring (bicyclic) bond motifs is 1. The summed E-state index contributed by atoms with van der Waals surface area (Å²) in [4.78, 5) is 39.0.